The molecule has 1 saturated heterocycles. The fourth-order valence-electron chi connectivity index (χ4n) is 3.55. The zero-order chi connectivity index (χ0) is 18.5. The Morgan fingerprint density at radius 2 is 1.96 bits per heavy atom. The Morgan fingerprint density at radius 3 is 2.54 bits per heavy atom. The van der Waals surface area contributed by atoms with Gasteiger partial charge in [-0.15, -0.1) is 10.2 Å². The lowest BCUT2D eigenvalue weighted by atomic mass is 9.96. The number of nitrogens with one attached hydrogen (secondary N) is 1. The average Bonchev–Trinajstić information content (AvgIpc) is 3.08. The number of carbonyl (C=O) groups is 1. The predicted molar refractivity (Wildman–Crippen MR) is 103 cm³/mol. The summed E-state index contributed by atoms with van der Waals surface area (Å²) in [6, 6.07) is 8.21. The molecular weight excluding hydrogens is 326 g/mol. The van der Waals surface area contributed by atoms with Crippen LogP contribution in [-0.4, -0.2) is 45.2 Å². The van der Waals surface area contributed by atoms with Crippen LogP contribution in [0, 0.1) is 0 Å². The van der Waals surface area contributed by atoms with Crippen LogP contribution in [-0.2, 0) is 11.8 Å². The van der Waals surface area contributed by atoms with E-state index >= 15 is 0 Å². The number of aryl methyl sites for hydroxylation is 1. The third-order valence-corrected chi connectivity index (χ3v) is 5.44. The van der Waals surface area contributed by atoms with E-state index < -0.39 is 0 Å². The van der Waals surface area contributed by atoms with Crippen molar-refractivity contribution >= 4 is 11.6 Å². The molecule has 1 aromatic heterocycles. The van der Waals surface area contributed by atoms with Gasteiger partial charge in [-0.3, -0.25) is 9.69 Å². The summed E-state index contributed by atoms with van der Waals surface area (Å²) in [5, 5.41) is 11.2. The Bertz CT molecular complexity index is 716. The Kier molecular flexibility index (Phi) is 6.04. The molecule has 1 amide bonds. The van der Waals surface area contributed by atoms with E-state index in [0.29, 0.717) is 18.4 Å². The molecule has 0 bridgehead atoms. The fourth-order valence-corrected chi connectivity index (χ4v) is 3.55. The number of hydrogen-bond donors (Lipinski definition) is 1. The first-order chi connectivity index (χ1) is 12.6. The van der Waals surface area contributed by atoms with Gasteiger partial charge >= 0.3 is 0 Å². The van der Waals surface area contributed by atoms with Crippen LogP contribution in [0.25, 0.3) is 0 Å². The normalized spacial score (nSPS) is 17.2. The van der Waals surface area contributed by atoms with Gasteiger partial charge in [0.15, 0.2) is 0 Å². The van der Waals surface area contributed by atoms with Crippen molar-refractivity contribution in [3.63, 3.8) is 0 Å². The monoisotopic (exact) mass is 355 g/mol. The van der Waals surface area contributed by atoms with Crippen LogP contribution in [0.1, 0.15) is 56.3 Å². The molecule has 0 aliphatic carbocycles. The van der Waals surface area contributed by atoms with Crippen molar-refractivity contribution in [2.24, 2.45) is 7.05 Å². The topological polar surface area (TPSA) is 63.1 Å². The van der Waals surface area contributed by atoms with Crippen LogP contribution in [0.3, 0.4) is 0 Å². The van der Waals surface area contributed by atoms with E-state index in [2.05, 4.69) is 46.4 Å². The number of carbonyl (C=O) groups excluding carboxylic acids is 1. The van der Waals surface area contributed by atoms with Crippen molar-refractivity contribution in [3.05, 3.63) is 42.0 Å². The molecule has 26 heavy (non-hydrogen) atoms. The van der Waals surface area contributed by atoms with Crippen molar-refractivity contribution in [1.82, 2.24) is 19.7 Å². The van der Waals surface area contributed by atoms with Crippen molar-refractivity contribution in [3.8, 4) is 0 Å². The van der Waals surface area contributed by atoms with E-state index in [0.717, 1.165) is 43.9 Å². The summed E-state index contributed by atoms with van der Waals surface area (Å²) in [6.45, 7) is 6.68. The maximum Gasteiger partial charge on any atom is 0.238 e. The predicted octanol–water partition coefficient (Wildman–Crippen LogP) is 3.15. The molecule has 0 spiro atoms. The second-order valence-corrected chi connectivity index (χ2v) is 7.33. The molecule has 0 unspecified atom stereocenters. The molecule has 1 aliphatic heterocycles. The molecule has 3 rings (SSSR count). The Morgan fingerprint density at radius 1 is 1.27 bits per heavy atom. The molecule has 6 heteroatoms. The van der Waals surface area contributed by atoms with E-state index in [1.54, 1.807) is 6.33 Å². The number of likely N-dealkylation sites (tertiary alicyclic amines) is 1. The molecule has 1 aliphatic rings. The molecule has 1 atom stereocenters. The molecule has 1 N–H and O–H groups in total. The summed E-state index contributed by atoms with van der Waals surface area (Å²) in [5.74, 6) is 2.10. The first-order valence-electron chi connectivity index (χ1n) is 9.53. The lowest BCUT2D eigenvalue weighted by Gasteiger charge is -2.30. The number of aromatic nitrogens is 3. The molecule has 1 fully saturated rings. The molecule has 2 aromatic rings. The first kappa shape index (κ1) is 18.6. The molecule has 1 aromatic carbocycles. The lowest BCUT2D eigenvalue weighted by molar-refractivity contribution is -0.117. The quantitative estimate of drug-likeness (QED) is 0.865. The summed E-state index contributed by atoms with van der Waals surface area (Å²) in [6.07, 6.45) is 4.91. The van der Waals surface area contributed by atoms with Crippen LogP contribution < -0.4 is 5.32 Å². The largest absolute Gasteiger partial charge is 0.325 e. The van der Waals surface area contributed by atoms with Gasteiger partial charge < -0.3 is 9.88 Å². The lowest BCUT2D eigenvalue weighted by Crippen LogP contribution is -2.39. The molecule has 2 heterocycles. The Hall–Kier alpha value is -2.21. The van der Waals surface area contributed by atoms with E-state index in [-0.39, 0.29) is 5.91 Å². The molecular formula is C20H29N5O. The van der Waals surface area contributed by atoms with Crippen LogP contribution in [0.2, 0.25) is 0 Å². The highest BCUT2D eigenvalue weighted by atomic mass is 16.2. The summed E-state index contributed by atoms with van der Waals surface area (Å²) >= 11 is 0. The highest BCUT2D eigenvalue weighted by molar-refractivity contribution is 5.92. The average molecular weight is 355 g/mol. The maximum atomic E-state index is 12.3. The number of anilines is 1. The summed E-state index contributed by atoms with van der Waals surface area (Å²) in [5.41, 5.74) is 2.19. The van der Waals surface area contributed by atoms with Crippen LogP contribution in [0.5, 0.6) is 0 Å². The van der Waals surface area contributed by atoms with Gasteiger partial charge in [0.1, 0.15) is 12.2 Å². The standard InChI is InChI=1S/C20H29N5O/c1-4-15(2)16-5-7-18(8-6-16)22-19(26)13-25-11-9-17(10-12-25)20-23-21-14-24(20)3/h5-8,14-15,17H,4,9-13H2,1-3H3,(H,22,26)/t15-/m0/s1. The number of rotatable bonds is 6. The summed E-state index contributed by atoms with van der Waals surface area (Å²) in [4.78, 5) is 14.6. The zero-order valence-corrected chi connectivity index (χ0v) is 16.0. The number of benzene rings is 1. The van der Waals surface area contributed by atoms with Crippen LogP contribution in [0.15, 0.2) is 30.6 Å². The van der Waals surface area contributed by atoms with Gasteiger partial charge in [-0.25, -0.2) is 0 Å². The van der Waals surface area contributed by atoms with Crippen LogP contribution in [0.4, 0.5) is 5.69 Å². The summed E-state index contributed by atoms with van der Waals surface area (Å²) in [7, 11) is 1.99. The number of amides is 1. The Labute approximate surface area is 155 Å². The number of hydrogen-bond acceptors (Lipinski definition) is 4. The minimum Gasteiger partial charge on any atom is -0.325 e. The van der Waals surface area contributed by atoms with Crippen molar-refractivity contribution in [2.75, 3.05) is 25.0 Å². The van der Waals surface area contributed by atoms with Gasteiger partial charge in [0.05, 0.1) is 6.54 Å². The zero-order valence-electron chi connectivity index (χ0n) is 16.0. The van der Waals surface area contributed by atoms with Gasteiger partial charge in [0.2, 0.25) is 5.91 Å². The van der Waals surface area contributed by atoms with Crippen molar-refractivity contribution in [1.29, 1.82) is 0 Å². The molecule has 0 radical (unpaired) electrons. The van der Waals surface area contributed by atoms with E-state index in [1.165, 1.54) is 5.56 Å². The van der Waals surface area contributed by atoms with E-state index in [9.17, 15) is 4.79 Å². The minimum atomic E-state index is 0.0541. The van der Waals surface area contributed by atoms with Crippen molar-refractivity contribution in [2.45, 2.75) is 44.9 Å². The smallest absolute Gasteiger partial charge is 0.238 e. The van der Waals surface area contributed by atoms with Gasteiger partial charge in [-0.05, 0) is 56.0 Å². The van der Waals surface area contributed by atoms with Crippen molar-refractivity contribution < 1.29 is 4.79 Å². The number of nitrogens with zero attached hydrogens (tertiary/aromatic N) is 4. The molecule has 140 valence electrons. The third-order valence-electron chi connectivity index (χ3n) is 5.44. The first-order valence-corrected chi connectivity index (χ1v) is 9.53. The van der Waals surface area contributed by atoms with Gasteiger partial charge in [-0.2, -0.15) is 0 Å². The van der Waals surface area contributed by atoms with E-state index in [1.807, 2.05) is 23.7 Å². The second kappa shape index (κ2) is 8.45. The fraction of sp³-hybridized carbons (Fsp3) is 0.550. The SMILES string of the molecule is CC[C@H](C)c1ccc(NC(=O)CN2CCC(c3nncn3C)CC2)cc1. The Balaban J connectivity index is 1.46. The van der Waals surface area contributed by atoms with Gasteiger partial charge in [0.25, 0.3) is 0 Å². The molecule has 0 saturated carbocycles. The van der Waals surface area contributed by atoms with Crippen LogP contribution >= 0.6 is 0 Å². The number of piperidine rings is 1. The summed E-state index contributed by atoms with van der Waals surface area (Å²) < 4.78 is 2.00. The highest BCUT2D eigenvalue weighted by Crippen LogP contribution is 2.26. The third kappa shape index (κ3) is 4.49. The van der Waals surface area contributed by atoms with E-state index in [4.69, 9.17) is 0 Å². The molecule has 6 nitrogen and oxygen atoms in total. The highest BCUT2D eigenvalue weighted by Gasteiger charge is 2.24. The maximum absolute atomic E-state index is 12.3. The van der Waals surface area contributed by atoms with Gasteiger partial charge in [-0.1, -0.05) is 26.0 Å². The van der Waals surface area contributed by atoms with Gasteiger partial charge in [0, 0.05) is 18.7 Å². The second-order valence-electron chi connectivity index (χ2n) is 7.33. The minimum absolute atomic E-state index is 0.0541.